The minimum Gasteiger partial charge on any atom is -0.350 e. The number of benzene rings is 1. The maximum atomic E-state index is 12.6. The summed E-state index contributed by atoms with van der Waals surface area (Å²) >= 11 is 3.31. The fourth-order valence-electron chi connectivity index (χ4n) is 3.18. The van der Waals surface area contributed by atoms with E-state index in [2.05, 4.69) is 21.2 Å². The van der Waals surface area contributed by atoms with Gasteiger partial charge in [0.15, 0.2) is 0 Å². The molecule has 2 aliphatic rings. The normalized spacial score (nSPS) is 20.0. The zero-order chi connectivity index (χ0) is 17.2. The molecule has 1 aromatic rings. The predicted molar refractivity (Wildman–Crippen MR) is 96.0 cm³/mol. The zero-order valence-corrected chi connectivity index (χ0v) is 15.8. The average Bonchev–Trinajstić information content (AvgIpc) is 3.08. The summed E-state index contributed by atoms with van der Waals surface area (Å²) < 4.78 is 27.5. The smallest absolute Gasteiger partial charge is 0.247 e. The molecule has 1 N–H and O–H groups in total. The van der Waals surface area contributed by atoms with Gasteiger partial charge >= 0.3 is 0 Å². The molecule has 7 heteroatoms. The topological polar surface area (TPSA) is 66.5 Å². The van der Waals surface area contributed by atoms with Gasteiger partial charge in [-0.3, -0.25) is 4.79 Å². The van der Waals surface area contributed by atoms with Gasteiger partial charge in [-0.1, -0.05) is 34.8 Å². The van der Waals surface area contributed by atoms with Gasteiger partial charge < -0.3 is 5.32 Å². The molecule has 5 nitrogen and oxygen atoms in total. The Kier molecular flexibility index (Phi) is 5.42. The highest BCUT2D eigenvalue weighted by Crippen LogP contribution is 2.23. The minimum absolute atomic E-state index is 0.0393. The van der Waals surface area contributed by atoms with E-state index in [0.717, 1.165) is 17.3 Å². The number of nitrogens with one attached hydrogen (secondary N) is 1. The molecule has 0 bridgehead atoms. The van der Waals surface area contributed by atoms with Crippen molar-refractivity contribution in [2.75, 3.05) is 13.1 Å². The van der Waals surface area contributed by atoms with Gasteiger partial charge in [0.2, 0.25) is 15.9 Å². The number of carbonyl (C=O) groups excluding carboxylic acids is 1. The molecule has 1 heterocycles. The van der Waals surface area contributed by atoms with Crippen LogP contribution in [0.1, 0.15) is 32.1 Å². The van der Waals surface area contributed by atoms with Gasteiger partial charge in [-0.25, -0.2) is 8.42 Å². The van der Waals surface area contributed by atoms with Crippen LogP contribution in [0.15, 0.2) is 45.3 Å². The second kappa shape index (κ2) is 7.37. The number of sulfonamides is 1. The van der Waals surface area contributed by atoms with Crippen molar-refractivity contribution < 1.29 is 13.2 Å². The SMILES string of the molecule is O=C(NC1CCCC1)C1=CCN(S(=O)(=O)c2ccc(Br)cc2)CC1. The van der Waals surface area contributed by atoms with Crippen LogP contribution in [0.5, 0.6) is 0 Å². The van der Waals surface area contributed by atoms with Gasteiger partial charge in [-0.15, -0.1) is 0 Å². The minimum atomic E-state index is -3.51. The van der Waals surface area contributed by atoms with Crippen LogP contribution in [-0.2, 0) is 14.8 Å². The molecule has 130 valence electrons. The fourth-order valence-corrected chi connectivity index (χ4v) is 4.82. The third-order valence-electron chi connectivity index (χ3n) is 4.61. The summed E-state index contributed by atoms with van der Waals surface area (Å²) in [5.41, 5.74) is 0.698. The molecule has 0 saturated heterocycles. The van der Waals surface area contributed by atoms with E-state index in [9.17, 15) is 13.2 Å². The summed E-state index contributed by atoms with van der Waals surface area (Å²) in [6.07, 6.45) is 6.62. The maximum Gasteiger partial charge on any atom is 0.247 e. The van der Waals surface area contributed by atoms with Crippen LogP contribution in [0.3, 0.4) is 0 Å². The molecule has 0 radical (unpaired) electrons. The van der Waals surface area contributed by atoms with E-state index in [1.807, 2.05) is 0 Å². The lowest BCUT2D eigenvalue weighted by molar-refractivity contribution is -0.118. The highest BCUT2D eigenvalue weighted by atomic mass is 79.9. The number of halogens is 1. The number of nitrogens with zero attached hydrogens (tertiary/aromatic N) is 1. The molecule has 0 aromatic heterocycles. The second-order valence-corrected chi connectivity index (χ2v) is 9.10. The molecule has 3 rings (SSSR count). The predicted octanol–water partition coefficient (Wildman–Crippen LogP) is 2.83. The Hall–Kier alpha value is -1.18. The molecule has 1 aliphatic carbocycles. The standard InChI is InChI=1S/C17H21BrN2O3S/c18-14-5-7-16(8-6-14)24(22,23)20-11-9-13(10-12-20)17(21)19-15-3-1-2-4-15/h5-9,15H,1-4,10-12H2,(H,19,21). The molecule has 0 spiro atoms. The van der Waals surface area contributed by atoms with Crippen molar-refractivity contribution >= 4 is 31.9 Å². The van der Waals surface area contributed by atoms with E-state index in [1.165, 1.54) is 17.1 Å². The fraction of sp³-hybridized carbons (Fsp3) is 0.471. The highest BCUT2D eigenvalue weighted by molar-refractivity contribution is 9.10. The third kappa shape index (κ3) is 3.90. The van der Waals surface area contributed by atoms with E-state index in [-0.39, 0.29) is 23.4 Å². The lowest BCUT2D eigenvalue weighted by atomic mass is 10.1. The van der Waals surface area contributed by atoms with E-state index < -0.39 is 10.0 Å². The van der Waals surface area contributed by atoms with Crippen LogP contribution in [0.2, 0.25) is 0 Å². The van der Waals surface area contributed by atoms with Gasteiger partial charge in [0.25, 0.3) is 0 Å². The summed E-state index contributed by atoms with van der Waals surface area (Å²) in [4.78, 5) is 12.5. The van der Waals surface area contributed by atoms with Gasteiger partial charge in [-0.05, 0) is 43.5 Å². The number of carbonyl (C=O) groups is 1. The van der Waals surface area contributed by atoms with E-state index >= 15 is 0 Å². The molecule has 1 aromatic carbocycles. The van der Waals surface area contributed by atoms with Gasteiger partial charge in [-0.2, -0.15) is 4.31 Å². The first-order valence-corrected chi connectivity index (χ1v) is 10.5. The molecular formula is C17H21BrN2O3S. The number of hydrogen-bond acceptors (Lipinski definition) is 3. The summed E-state index contributed by atoms with van der Waals surface area (Å²) in [5, 5.41) is 3.06. The Balaban J connectivity index is 1.65. The van der Waals surface area contributed by atoms with Gasteiger partial charge in [0, 0.05) is 29.2 Å². The van der Waals surface area contributed by atoms with Crippen LogP contribution >= 0.6 is 15.9 Å². The molecule has 0 unspecified atom stereocenters. The largest absolute Gasteiger partial charge is 0.350 e. The highest BCUT2D eigenvalue weighted by Gasteiger charge is 2.28. The molecule has 1 fully saturated rings. The lowest BCUT2D eigenvalue weighted by Gasteiger charge is -2.26. The molecule has 0 atom stereocenters. The molecule has 24 heavy (non-hydrogen) atoms. The molecular weight excluding hydrogens is 392 g/mol. The van der Waals surface area contributed by atoms with Gasteiger partial charge in [0.1, 0.15) is 0 Å². The molecule has 1 amide bonds. The summed E-state index contributed by atoms with van der Waals surface area (Å²) in [6, 6.07) is 6.89. The van der Waals surface area contributed by atoms with E-state index in [4.69, 9.17) is 0 Å². The van der Waals surface area contributed by atoms with Crippen LogP contribution in [0, 0.1) is 0 Å². The lowest BCUT2D eigenvalue weighted by Crippen LogP contribution is -2.39. The van der Waals surface area contributed by atoms with Crippen molar-refractivity contribution in [1.82, 2.24) is 9.62 Å². The Labute approximate surface area is 151 Å². The molecule has 1 saturated carbocycles. The third-order valence-corrected chi connectivity index (χ3v) is 7.01. The summed E-state index contributed by atoms with van der Waals surface area (Å²) in [7, 11) is -3.51. The maximum absolute atomic E-state index is 12.6. The quantitative estimate of drug-likeness (QED) is 0.826. The summed E-state index contributed by atoms with van der Waals surface area (Å²) in [5.74, 6) is -0.0393. The van der Waals surface area contributed by atoms with Crippen LogP contribution in [-0.4, -0.2) is 37.8 Å². The molecule has 1 aliphatic heterocycles. The van der Waals surface area contributed by atoms with Crippen molar-refractivity contribution in [3.05, 3.63) is 40.4 Å². The Morgan fingerprint density at radius 3 is 2.42 bits per heavy atom. The zero-order valence-electron chi connectivity index (χ0n) is 13.4. The van der Waals surface area contributed by atoms with Crippen molar-refractivity contribution in [3.8, 4) is 0 Å². The van der Waals surface area contributed by atoms with Crippen LogP contribution in [0.4, 0.5) is 0 Å². The first-order valence-electron chi connectivity index (χ1n) is 8.22. The van der Waals surface area contributed by atoms with Gasteiger partial charge in [0.05, 0.1) is 4.90 Å². The van der Waals surface area contributed by atoms with Crippen molar-refractivity contribution in [1.29, 1.82) is 0 Å². The van der Waals surface area contributed by atoms with Crippen molar-refractivity contribution in [2.24, 2.45) is 0 Å². The van der Waals surface area contributed by atoms with E-state index in [0.29, 0.717) is 18.5 Å². The first kappa shape index (κ1) is 17.6. The van der Waals surface area contributed by atoms with Crippen molar-refractivity contribution in [3.63, 3.8) is 0 Å². The number of amides is 1. The van der Waals surface area contributed by atoms with Crippen LogP contribution < -0.4 is 5.32 Å². The second-order valence-electron chi connectivity index (χ2n) is 6.25. The Bertz CT molecular complexity index is 738. The number of rotatable bonds is 4. The Morgan fingerprint density at radius 1 is 1.17 bits per heavy atom. The first-order chi connectivity index (χ1) is 11.5. The monoisotopic (exact) mass is 412 g/mol. The number of hydrogen-bond donors (Lipinski definition) is 1. The van der Waals surface area contributed by atoms with Crippen molar-refractivity contribution in [2.45, 2.75) is 43.0 Å². The van der Waals surface area contributed by atoms with Crippen LogP contribution in [0.25, 0.3) is 0 Å². The Morgan fingerprint density at radius 2 is 1.83 bits per heavy atom. The average molecular weight is 413 g/mol. The van der Waals surface area contributed by atoms with E-state index in [1.54, 1.807) is 30.3 Å². The summed E-state index contributed by atoms with van der Waals surface area (Å²) in [6.45, 7) is 0.578.